The number of nitrogens with one attached hydrogen (secondary N) is 1. The number of rotatable bonds is 8. The lowest BCUT2D eigenvalue weighted by Crippen LogP contribution is -2.30. The molecular weight excluding hydrogens is 394 g/mol. The molecule has 0 bridgehead atoms. The summed E-state index contributed by atoms with van der Waals surface area (Å²) in [6, 6.07) is 22.8. The fraction of sp³-hybridized carbons (Fsp3) is 0.160. The van der Waals surface area contributed by atoms with Gasteiger partial charge in [-0.3, -0.25) is 9.59 Å². The van der Waals surface area contributed by atoms with Crippen molar-refractivity contribution < 1.29 is 23.9 Å². The second-order valence-corrected chi connectivity index (χ2v) is 6.97. The van der Waals surface area contributed by atoms with E-state index in [0.717, 1.165) is 11.3 Å². The third-order valence-electron chi connectivity index (χ3n) is 4.55. The number of ketones is 1. The molecule has 0 spiro atoms. The molecule has 3 aromatic rings. The zero-order valence-electron chi connectivity index (χ0n) is 17.3. The molecule has 1 atom stereocenters. The molecule has 0 radical (unpaired) electrons. The summed E-state index contributed by atoms with van der Waals surface area (Å²) in [5.41, 5.74) is 2.31. The molecule has 3 aromatic carbocycles. The van der Waals surface area contributed by atoms with Crippen molar-refractivity contribution in [2.45, 2.75) is 26.6 Å². The van der Waals surface area contributed by atoms with Crippen molar-refractivity contribution in [2.24, 2.45) is 0 Å². The molecule has 31 heavy (non-hydrogen) atoms. The molecule has 0 heterocycles. The molecule has 0 aliphatic rings. The van der Waals surface area contributed by atoms with Crippen molar-refractivity contribution in [1.29, 1.82) is 0 Å². The van der Waals surface area contributed by atoms with E-state index in [1.807, 2.05) is 30.3 Å². The number of benzene rings is 3. The maximum Gasteiger partial charge on any atom is 0.338 e. The number of carbonyl (C=O) groups excluding carboxylic acids is 3. The Hall–Kier alpha value is -3.93. The first-order chi connectivity index (χ1) is 14.9. The van der Waals surface area contributed by atoms with E-state index >= 15 is 0 Å². The van der Waals surface area contributed by atoms with Gasteiger partial charge in [-0.1, -0.05) is 30.3 Å². The second-order valence-electron chi connectivity index (χ2n) is 6.97. The van der Waals surface area contributed by atoms with Crippen LogP contribution >= 0.6 is 0 Å². The molecular formula is C25H23NO5. The summed E-state index contributed by atoms with van der Waals surface area (Å²) in [6.45, 7) is 3.35. The van der Waals surface area contributed by atoms with E-state index in [9.17, 15) is 14.4 Å². The number of hydrogen-bond donors (Lipinski definition) is 1. The van der Waals surface area contributed by atoms with E-state index in [0.29, 0.717) is 23.4 Å². The topological polar surface area (TPSA) is 81.7 Å². The largest absolute Gasteiger partial charge is 0.489 e. The molecule has 158 valence electrons. The zero-order chi connectivity index (χ0) is 22.2. The van der Waals surface area contributed by atoms with Crippen molar-refractivity contribution in [3.05, 3.63) is 95.6 Å². The van der Waals surface area contributed by atoms with Crippen molar-refractivity contribution in [2.75, 3.05) is 5.32 Å². The van der Waals surface area contributed by atoms with Crippen LogP contribution in [0.3, 0.4) is 0 Å². The Labute approximate surface area is 180 Å². The predicted molar refractivity (Wildman–Crippen MR) is 117 cm³/mol. The maximum absolute atomic E-state index is 12.4. The van der Waals surface area contributed by atoms with Crippen molar-refractivity contribution in [3.8, 4) is 5.75 Å². The lowest BCUT2D eigenvalue weighted by Gasteiger charge is -2.14. The van der Waals surface area contributed by atoms with Crippen LogP contribution in [0.2, 0.25) is 0 Å². The van der Waals surface area contributed by atoms with Gasteiger partial charge in [-0.2, -0.15) is 0 Å². The van der Waals surface area contributed by atoms with Crippen LogP contribution < -0.4 is 10.1 Å². The number of esters is 1. The molecule has 0 saturated carbocycles. The molecule has 6 nitrogen and oxygen atoms in total. The van der Waals surface area contributed by atoms with Gasteiger partial charge >= 0.3 is 5.97 Å². The SMILES string of the molecule is CC(=O)c1ccc(NC(=O)[C@@H](C)OC(=O)c2ccc(COc3ccccc3)cc2)cc1. The minimum Gasteiger partial charge on any atom is -0.489 e. The maximum atomic E-state index is 12.4. The number of amides is 1. The van der Waals surface area contributed by atoms with Crippen LogP contribution in [0.25, 0.3) is 0 Å². The first kappa shape index (κ1) is 21.8. The number of Topliss-reactive ketones (excluding diaryl/α,β-unsaturated/α-hetero) is 1. The number of ether oxygens (including phenoxy) is 2. The van der Waals surface area contributed by atoms with Gasteiger partial charge in [0.15, 0.2) is 11.9 Å². The molecule has 6 heteroatoms. The van der Waals surface area contributed by atoms with E-state index < -0.39 is 18.0 Å². The van der Waals surface area contributed by atoms with Gasteiger partial charge in [0.05, 0.1) is 5.56 Å². The summed E-state index contributed by atoms with van der Waals surface area (Å²) >= 11 is 0. The zero-order valence-corrected chi connectivity index (χ0v) is 17.3. The van der Waals surface area contributed by atoms with Gasteiger partial charge in [0.2, 0.25) is 0 Å². The summed E-state index contributed by atoms with van der Waals surface area (Å²) in [5, 5.41) is 2.66. The van der Waals surface area contributed by atoms with E-state index in [1.54, 1.807) is 48.5 Å². The van der Waals surface area contributed by atoms with Crippen LogP contribution in [0.1, 0.15) is 40.1 Å². The smallest absolute Gasteiger partial charge is 0.338 e. The molecule has 0 unspecified atom stereocenters. The van der Waals surface area contributed by atoms with Crippen LogP contribution in [0.5, 0.6) is 5.75 Å². The van der Waals surface area contributed by atoms with Crippen LogP contribution in [-0.4, -0.2) is 23.8 Å². The van der Waals surface area contributed by atoms with Crippen LogP contribution in [-0.2, 0) is 16.1 Å². The minimum atomic E-state index is -0.985. The van der Waals surface area contributed by atoms with Crippen molar-refractivity contribution in [3.63, 3.8) is 0 Å². The Morgan fingerprint density at radius 3 is 2.06 bits per heavy atom. The fourth-order valence-corrected chi connectivity index (χ4v) is 2.73. The van der Waals surface area contributed by atoms with Crippen LogP contribution in [0.4, 0.5) is 5.69 Å². The van der Waals surface area contributed by atoms with E-state index in [2.05, 4.69) is 5.32 Å². The summed E-state index contributed by atoms with van der Waals surface area (Å²) in [6.07, 6.45) is -0.985. The van der Waals surface area contributed by atoms with Gasteiger partial charge in [-0.05, 0) is 67.9 Å². The van der Waals surface area contributed by atoms with Crippen molar-refractivity contribution in [1.82, 2.24) is 0 Å². The Balaban J connectivity index is 1.51. The van der Waals surface area contributed by atoms with E-state index in [1.165, 1.54) is 13.8 Å². The summed E-state index contributed by atoms with van der Waals surface area (Å²) in [7, 11) is 0. The molecule has 1 N–H and O–H groups in total. The highest BCUT2D eigenvalue weighted by atomic mass is 16.5. The van der Waals surface area contributed by atoms with Crippen LogP contribution in [0.15, 0.2) is 78.9 Å². The molecule has 0 fully saturated rings. The molecule has 1 amide bonds. The summed E-state index contributed by atoms with van der Waals surface area (Å²) in [5.74, 6) is -0.346. The predicted octanol–water partition coefficient (Wildman–Crippen LogP) is 4.65. The monoisotopic (exact) mass is 417 g/mol. The normalized spacial score (nSPS) is 11.3. The number of hydrogen-bond acceptors (Lipinski definition) is 5. The molecule has 0 saturated heterocycles. The Morgan fingerprint density at radius 2 is 1.45 bits per heavy atom. The number of anilines is 1. The Kier molecular flexibility index (Phi) is 7.17. The van der Waals surface area contributed by atoms with E-state index in [-0.39, 0.29) is 5.78 Å². The average molecular weight is 417 g/mol. The highest BCUT2D eigenvalue weighted by Crippen LogP contribution is 2.14. The van der Waals surface area contributed by atoms with Crippen LogP contribution in [0, 0.1) is 0 Å². The Morgan fingerprint density at radius 1 is 0.839 bits per heavy atom. The fourth-order valence-electron chi connectivity index (χ4n) is 2.73. The van der Waals surface area contributed by atoms with Gasteiger partial charge in [0.1, 0.15) is 12.4 Å². The van der Waals surface area contributed by atoms with Gasteiger partial charge in [-0.15, -0.1) is 0 Å². The molecule has 0 aliphatic carbocycles. The van der Waals surface area contributed by atoms with Gasteiger partial charge < -0.3 is 14.8 Å². The molecule has 0 aliphatic heterocycles. The number of carbonyl (C=O) groups is 3. The van der Waals surface area contributed by atoms with Gasteiger partial charge in [0.25, 0.3) is 5.91 Å². The van der Waals surface area contributed by atoms with E-state index in [4.69, 9.17) is 9.47 Å². The van der Waals surface area contributed by atoms with Gasteiger partial charge in [-0.25, -0.2) is 4.79 Å². The first-order valence-corrected chi connectivity index (χ1v) is 9.82. The summed E-state index contributed by atoms with van der Waals surface area (Å²) < 4.78 is 10.9. The van der Waals surface area contributed by atoms with Gasteiger partial charge in [0, 0.05) is 11.3 Å². The average Bonchev–Trinajstić information content (AvgIpc) is 2.79. The Bertz CT molecular complexity index is 1040. The number of para-hydroxylation sites is 1. The third kappa shape index (κ3) is 6.27. The highest BCUT2D eigenvalue weighted by Gasteiger charge is 2.19. The quantitative estimate of drug-likeness (QED) is 0.426. The minimum absolute atomic E-state index is 0.0576. The van der Waals surface area contributed by atoms with Crippen molar-refractivity contribution >= 4 is 23.3 Å². The third-order valence-corrected chi connectivity index (χ3v) is 4.55. The first-order valence-electron chi connectivity index (χ1n) is 9.82. The lowest BCUT2D eigenvalue weighted by atomic mass is 10.1. The summed E-state index contributed by atoms with van der Waals surface area (Å²) in [4.78, 5) is 36.0. The lowest BCUT2D eigenvalue weighted by molar-refractivity contribution is -0.123. The standard InChI is InChI=1S/C25H23NO5/c1-17(27)20-12-14-22(15-13-20)26-24(28)18(2)31-25(29)21-10-8-19(9-11-21)16-30-23-6-4-3-5-7-23/h3-15,18H,16H2,1-2H3,(H,26,28)/t18-/m1/s1. The molecule has 3 rings (SSSR count). The second kappa shape index (κ2) is 10.2. The molecule has 0 aromatic heterocycles. The highest BCUT2D eigenvalue weighted by molar-refractivity contribution is 5.98.